The quantitative estimate of drug-likeness (QED) is 0.427. The Morgan fingerprint density at radius 3 is 2.50 bits per heavy atom. The number of aliphatic hydroxyl groups is 1. The number of rotatable bonds is 4. The number of para-hydroxylation sites is 1. The monoisotopic (exact) mass is 344 g/mol. The Hall–Kier alpha value is -3.11. The second kappa shape index (κ2) is 6.65. The summed E-state index contributed by atoms with van der Waals surface area (Å²) in [6, 6.07) is 22.0. The van der Waals surface area contributed by atoms with E-state index in [0.717, 1.165) is 44.5 Å². The van der Waals surface area contributed by atoms with E-state index in [9.17, 15) is 5.11 Å². The Balaban J connectivity index is 1.98. The van der Waals surface area contributed by atoms with E-state index in [-0.39, 0.29) is 6.73 Å². The van der Waals surface area contributed by atoms with Crippen LogP contribution in [0.5, 0.6) is 5.75 Å². The smallest absolute Gasteiger partial charge is 0.121 e. The summed E-state index contributed by atoms with van der Waals surface area (Å²) in [6.45, 7) is 1.95. The maximum absolute atomic E-state index is 10.1. The Labute approximate surface area is 152 Å². The van der Waals surface area contributed by atoms with Crippen molar-refractivity contribution in [3.8, 4) is 5.75 Å². The maximum atomic E-state index is 10.1. The predicted molar refractivity (Wildman–Crippen MR) is 106 cm³/mol. The molecule has 0 bridgehead atoms. The van der Waals surface area contributed by atoms with E-state index in [1.807, 2.05) is 65.6 Å². The molecule has 1 N–H and O–H groups in total. The highest BCUT2D eigenvalue weighted by atomic mass is 16.5. The largest absolute Gasteiger partial charge is 0.497 e. The van der Waals surface area contributed by atoms with Gasteiger partial charge in [0.2, 0.25) is 0 Å². The molecule has 0 radical (unpaired) electrons. The third-order valence-corrected chi connectivity index (χ3v) is 4.65. The molecule has 0 spiro atoms. The van der Waals surface area contributed by atoms with Crippen LogP contribution < -0.4 is 9.64 Å². The summed E-state index contributed by atoms with van der Waals surface area (Å²) in [7, 11) is 1.66. The highest BCUT2D eigenvalue weighted by Gasteiger charge is 2.15. The van der Waals surface area contributed by atoms with Crippen LogP contribution >= 0.6 is 0 Å². The van der Waals surface area contributed by atoms with E-state index >= 15 is 0 Å². The van der Waals surface area contributed by atoms with E-state index in [1.165, 1.54) is 0 Å². The van der Waals surface area contributed by atoms with Crippen molar-refractivity contribution < 1.29 is 9.84 Å². The molecule has 4 heteroatoms. The second-order valence-electron chi connectivity index (χ2n) is 6.25. The van der Waals surface area contributed by atoms with Crippen LogP contribution in [0.25, 0.3) is 21.8 Å². The summed E-state index contributed by atoms with van der Waals surface area (Å²) in [5.74, 6) is 0.790. The lowest BCUT2D eigenvalue weighted by molar-refractivity contribution is 0.305. The second-order valence-corrected chi connectivity index (χ2v) is 6.25. The van der Waals surface area contributed by atoms with Crippen molar-refractivity contribution in [2.24, 2.45) is 0 Å². The topological polar surface area (TPSA) is 45.6 Å². The van der Waals surface area contributed by atoms with Crippen molar-refractivity contribution in [1.29, 1.82) is 0 Å². The fraction of sp³-hybridized carbons (Fsp3) is 0.136. The maximum Gasteiger partial charge on any atom is 0.121 e. The number of pyridine rings is 1. The SMILES string of the molecule is COc1ccc2cc3c(N(CO)c4ccccc4)c(C)ccc3nc2c1. The Morgan fingerprint density at radius 1 is 0.962 bits per heavy atom. The number of aryl methyl sites for hydroxylation is 1. The van der Waals surface area contributed by atoms with E-state index in [4.69, 9.17) is 9.72 Å². The first-order chi connectivity index (χ1) is 12.7. The molecule has 0 aliphatic carbocycles. The van der Waals surface area contributed by atoms with Gasteiger partial charge in [0.1, 0.15) is 12.5 Å². The Bertz CT molecular complexity index is 1080. The van der Waals surface area contributed by atoms with Crippen molar-refractivity contribution in [3.63, 3.8) is 0 Å². The minimum Gasteiger partial charge on any atom is -0.497 e. The summed E-state index contributed by atoms with van der Waals surface area (Å²) >= 11 is 0. The van der Waals surface area contributed by atoms with Crippen molar-refractivity contribution in [2.75, 3.05) is 18.7 Å². The number of anilines is 2. The van der Waals surface area contributed by atoms with Gasteiger partial charge in [-0.1, -0.05) is 24.3 Å². The molecule has 4 nitrogen and oxygen atoms in total. The summed E-state index contributed by atoms with van der Waals surface area (Å²) in [6.07, 6.45) is 0. The zero-order valence-corrected chi connectivity index (χ0v) is 14.8. The molecular formula is C22H20N2O2. The number of aliphatic hydroxyl groups excluding tert-OH is 1. The number of aromatic nitrogens is 1. The zero-order chi connectivity index (χ0) is 18.1. The lowest BCUT2D eigenvalue weighted by Crippen LogP contribution is -2.19. The fourth-order valence-electron chi connectivity index (χ4n) is 3.35. The van der Waals surface area contributed by atoms with Crippen LogP contribution in [0.4, 0.5) is 11.4 Å². The normalized spacial score (nSPS) is 11.0. The summed E-state index contributed by atoms with van der Waals surface area (Å²) in [4.78, 5) is 6.72. The summed E-state index contributed by atoms with van der Waals surface area (Å²) < 4.78 is 5.31. The van der Waals surface area contributed by atoms with E-state index in [2.05, 4.69) is 13.0 Å². The predicted octanol–water partition coefficient (Wildman–Crippen LogP) is 4.79. The van der Waals surface area contributed by atoms with Crippen molar-refractivity contribution in [3.05, 3.63) is 72.3 Å². The van der Waals surface area contributed by atoms with Gasteiger partial charge >= 0.3 is 0 Å². The Kier molecular flexibility index (Phi) is 4.19. The van der Waals surface area contributed by atoms with E-state index < -0.39 is 0 Å². The van der Waals surface area contributed by atoms with Crippen LogP contribution in [-0.2, 0) is 0 Å². The summed E-state index contributed by atoms with van der Waals surface area (Å²) in [5, 5.41) is 12.1. The average molecular weight is 344 g/mol. The average Bonchev–Trinajstić information content (AvgIpc) is 2.69. The first kappa shape index (κ1) is 16.4. The third kappa shape index (κ3) is 2.74. The number of ether oxygens (including phenoxy) is 1. The molecule has 0 atom stereocenters. The molecule has 0 amide bonds. The van der Waals surface area contributed by atoms with Crippen LogP contribution in [0, 0.1) is 6.92 Å². The molecule has 1 heterocycles. The van der Waals surface area contributed by atoms with E-state index in [0.29, 0.717) is 0 Å². The molecule has 0 saturated carbocycles. The highest BCUT2D eigenvalue weighted by Crippen LogP contribution is 2.36. The zero-order valence-electron chi connectivity index (χ0n) is 14.8. The van der Waals surface area contributed by atoms with Gasteiger partial charge in [-0.2, -0.15) is 0 Å². The molecule has 0 unspecified atom stereocenters. The molecule has 4 rings (SSSR count). The number of methoxy groups -OCH3 is 1. The standard InChI is InChI=1S/C22H20N2O2/c1-15-8-11-20-19(12-16-9-10-18(26-2)13-21(16)23-20)22(15)24(14-25)17-6-4-3-5-7-17/h3-13,25H,14H2,1-2H3. The van der Waals surface area contributed by atoms with Crippen molar-refractivity contribution in [1.82, 2.24) is 4.98 Å². The third-order valence-electron chi connectivity index (χ3n) is 4.65. The first-order valence-electron chi connectivity index (χ1n) is 8.53. The van der Waals surface area contributed by atoms with Gasteiger partial charge in [-0.05, 0) is 48.9 Å². The number of nitrogens with zero attached hydrogens (tertiary/aromatic N) is 2. The minimum absolute atomic E-state index is 0.107. The van der Waals surface area contributed by atoms with Crippen molar-refractivity contribution >= 4 is 33.2 Å². The minimum atomic E-state index is -0.107. The molecule has 26 heavy (non-hydrogen) atoms. The molecule has 0 fully saturated rings. The number of benzene rings is 3. The van der Waals surface area contributed by atoms with Gasteiger partial charge in [0.25, 0.3) is 0 Å². The lowest BCUT2D eigenvalue weighted by atomic mass is 10.0. The lowest BCUT2D eigenvalue weighted by Gasteiger charge is -2.26. The highest BCUT2D eigenvalue weighted by molar-refractivity contribution is 6.02. The molecule has 0 aliphatic heterocycles. The first-order valence-corrected chi connectivity index (χ1v) is 8.53. The van der Waals surface area contributed by atoms with Crippen LogP contribution in [0.15, 0.2) is 66.7 Å². The summed E-state index contributed by atoms with van der Waals surface area (Å²) in [5.41, 5.74) is 4.79. The molecular weight excluding hydrogens is 324 g/mol. The number of hydrogen-bond donors (Lipinski definition) is 1. The van der Waals surface area contributed by atoms with Crippen LogP contribution in [0.2, 0.25) is 0 Å². The van der Waals surface area contributed by atoms with Gasteiger partial charge in [0, 0.05) is 22.5 Å². The molecule has 0 saturated heterocycles. The number of fused-ring (bicyclic) bond motifs is 2. The number of hydrogen-bond acceptors (Lipinski definition) is 4. The molecule has 4 aromatic rings. The van der Waals surface area contributed by atoms with Gasteiger partial charge in [0.05, 0.1) is 23.8 Å². The van der Waals surface area contributed by atoms with Gasteiger partial charge < -0.3 is 14.7 Å². The molecule has 1 aromatic heterocycles. The fourth-order valence-corrected chi connectivity index (χ4v) is 3.35. The van der Waals surface area contributed by atoms with Crippen molar-refractivity contribution in [2.45, 2.75) is 6.92 Å². The van der Waals surface area contributed by atoms with Crippen LogP contribution in [-0.4, -0.2) is 23.9 Å². The van der Waals surface area contributed by atoms with Gasteiger partial charge in [-0.3, -0.25) is 0 Å². The molecule has 3 aromatic carbocycles. The van der Waals surface area contributed by atoms with Crippen LogP contribution in [0.1, 0.15) is 5.56 Å². The van der Waals surface area contributed by atoms with Crippen LogP contribution in [0.3, 0.4) is 0 Å². The van der Waals surface area contributed by atoms with E-state index in [1.54, 1.807) is 7.11 Å². The van der Waals surface area contributed by atoms with Gasteiger partial charge in [0.15, 0.2) is 0 Å². The Morgan fingerprint density at radius 2 is 1.77 bits per heavy atom. The van der Waals surface area contributed by atoms with Gasteiger partial charge in [-0.15, -0.1) is 0 Å². The molecule has 0 aliphatic rings. The van der Waals surface area contributed by atoms with Gasteiger partial charge in [-0.25, -0.2) is 4.98 Å². The molecule has 130 valence electrons.